The second-order valence-electron chi connectivity index (χ2n) is 1.95. The monoisotopic (exact) mass is 397 g/mol. The molecule has 0 aliphatic carbocycles. The fourth-order valence-electron chi connectivity index (χ4n) is 0.490. The minimum Gasteiger partial charge on any atom is -0.0928 e. The van der Waals surface area contributed by atoms with Crippen molar-refractivity contribution in [2.45, 2.75) is 20.9 Å². The Kier molecular flexibility index (Phi) is 7.67. The molecular weight excluding hydrogens is 392 g/mol. The molecule has 0 fully saturated rings. The molecule has 0 aliphatic heterocycles. The zero-order chi connectivity index (χ0) is 8.15. The molecule has 0 saturated heterocycles. The van der Waals surface area contributed by atoms with E-state index in [1.165, 1.54) is 0 Å². The Bertz CT molecular complexity index is 83.8. The van der Waals surface area contributed by atoms with Crippen LogP contribution in [-0.2, 0) is 0 Å². The van der Waals surface area contributed by atoms with Crippen LogP contribution in [0.25, 0.3) is 0 Å². The molecular formula is C6H9Br4. The van der Waals surface area contributed by atoms with E-state index in [9.17, 15) is 0 Å². The average molecular weight is 401 g/mol. The molecule has 1 radical (unpaired) electrons. The second kappa shape index (κ2) is 6.44. The lowest BCUT2D eigenvalue weighted by molar-refractivity contribution is 0.809. The third kappa shape index (κ3) is 4.73. The summed E-state index contributed by atoms with van der Waals surface area (Å²) in [6.07, 6.45) is 1.10. The van der Waals surface area contributed by atoms with E-state index in [0.29, 0.717) is 9.65 Å². The zero-order valence-electron chi connectivity index (χ0n) is 5.37. The van der Waals surface area contributed by atoms with Gasteiger partial charge in [0.05, 0.1) is 0 Å². The van der Waals surface area contributed by atoms with Crippen LogP contribution in [0.15, 0.2) is 0 Å². The normalized spacial score (nSPS) is 20.1. The molecule has 0 saturated carbocycles. The predicted octanol–water partition coefficient (Wildman–Crippen LogP) is 3.90. The van der Waals surface area contributed by atoms with Crippen LogP contribution in [0.4, 0.5) is 0 Å². The van der Waals surface area contributed by atoms with E-state index in [0.717, 1.165) is 11.8 Å². The van der Waals surface area contributed by atoms with Gasteiger partial charge in [0.2, 0.25) is 0 Å². The van der Waals surface area contributed by atoms with Gasteiger partial charge in [0.1, 0.15) is 0 Å². The van der Waals surface area contributed by atoms with E-state index >= 15 is 0 Å². The van der Waals surface area contributed by atoms with E-state index < -0.39 is 0 Å². The van der Waals surface area contributed by atoms with Crippen molar-refractivity contribution in [2.75, 3.05) is 5.33 Å². The molecule has 0 spiro atoms. The van der Waals surface area contributed by atoms with Gasteiger partial charge in [-0.05, 0) is 13.3 Å². The summed E-state index contributed by atoms with van der Waals surface area (Å²) in [4.78, 5) is 1.13. The number of rotatable bonds is 4. The van der Waals surface area contributed by atoms with E-state index in [4.69, 9.17) is 0 Å². The van der Waals surface area contributed by atoms with Crippen molar-refractivity contribution in [3.8, 4) is 0 Å². The standard InChI is InChI=1S/C6H9Br4/c1-4(8)6(10)5(9)2-3-7/h4-6H,1-3H2. The maximum atomic E-state index is 3.87. The molecule has 0 N–H and O–H groups in total. The number of hydrogen-bond acceptors (Lipinski definition) is 0. The van der Waals surface area contributed by atoms with Crippen LogP contribution < -0.4 is 0 Å². The lowest BCUT2D eigenvalue weighted by Crippen LogP contribution is -2.22. The van der Waals surface area contributed by atoms with Gasteiger partial charge >= 0.3 is 0 Å². The van der Waals surface area contributed by atoms with Crippen molar-refractivity contribution in [1.29, 1.82) is 0 Å². The number of halogens is 4. The maximum absolute atomic E-state index is 3.87. The van der Waals surface area contributed by atoms with Gasteiger partial charge in [0.25, 0.3) is 0 Å². The zero-order valence-corrected chi connectivity index (χ0v) is 11.7. The van der Waals surface area contributed by atoms with Crippen molar-refractivity contribution in [2.24, 2.45) is 0 Å². The summed E-state index contributed by atoms with van der Waals surface area (Å²) in [7, 11) is 0. The van der Waals surface area contributed by atoms with Crippen LogP contribution >= 0.6 is 63.7 Å². The highest BCUT2D eigenvalue weighted by atomic mass is 79.9. The first kappa shape index (κ1) is 11.9. The fraction of sp³-hybridized carbons (Fsp3) is 0.833. The van der Waals surface area contributed by atoms with Crippen molar-refractivity contribution >= 4 is 63.7 Å². The van der Waals surface area contributed by atoms with Gasteiger partial charge in [0, 0.05) is 19.8 Å². The third-order valence-electron chi connectivity index (χ3n) is 1.08. The summed E-state index contributed by atoms with van der Waals surface area (Å²) >= 11 is 13.9. The van der Waals surface area contributed by atoms with E-state index in [1.54, 1.807) is 0 Å². The van der Waals surface area contributed by atoms with Crippen LogP contribution in [0.2, 0.25) is 0 Å². The lowest BCUT2D eigenvalue weighted by atomic mass is 10.2. The quantitative estimate of drug-likeness (QED) is 0.628. The molecule has 0 aromatic rings. The summed E-state index contributed by atoms with van der Waals surface area (Å²) in [6.45, 7) is 3.87. The average Bonchev–Trinajstić information content (AvgIpc) is 1.87. The second-order valence-corrected chi connectivity index (χ2v) is 6.16. The molecule has 3 atom stereocenters. The SMILES string of the molecule is [CH2]C(Br)C(Br)C(Br)CCBr. The Morgan fingerprint density at radius 1 is 1.20 bits per heavy atom. The molecule has 3 unspecified atom stereocenters. The number of alkyl halides is 4. The Morgan fingerprint density at radius 2 is 1.70 bits per heavy atom. The van der Waals surface area contributed by atoms with Crippen molar-refractivity contribution < 1.29 is 0 Å². The molecule has 0 heterocycles. The molecule has 0 aliphatic rings. The topological polar surface area (TPSA) is 0 Å². The largest absolute Gasteiger partial charge is 0.0928 e. The van der Waals surface area contributed by atoms with E-state index in [2.05, 4.69) is 70.6 Å². The molecule has 4 heteroatoms. The number of hydrogen-bond donors (Lipinski definition) is 0. The Morgan fingerprint density at radius 3 is 2.00 bits per heavy atom. The highest BCUT2D eigenvalue weighted by molar-refractivity contribution is 9.13. The Balaban J connectivity index is 3.58. The highest BCUT2D eigenvalue weighted by Gasteiger charge is 2.19. The fourth-order valence-corrected chi connectivity index (χ4v) is 3.24. The van der Waals surface area contributed by atoms with Gasteiger partial charge < -0.3 is 0 Å². The van der Waals surface area contributed by atoms with E-state index in [1.807, 2.05) is 0 Å². The van der Waals surface area contributed by atoms with Crippen LogP contribution in [0, 0.1) is 6.92 Å². The van der Waals surface area contributed by atoms with Crippen molar-refractivity contribution in [1.82, 2.24) is 0 Å². The summed E-state index contributed by atoms with van der Waals surface area (Å²) in [6, 6.07) is 0. The summed E-state index contributed by atoms with van der Waals surface area (Å²) in [5.74, 6) is 0. The molecule has 0 nitrogen and oxygen atoms in total. The highest BCUT2D eigenvalue weighted by Crippen LogP contribution is 2.25. The van der Waals surface area contributed by atoms with Crippen molar-refractivity contribution in [3.63, 3.8) is 0 Å². The Labute approximate surface area is 96.0 Å². The third-order valence-corrected chi connectivity index (χ3v) is 5.83. The van der Waals surface area contributed by atoms with Crippen molar-refractivity contribution in [3.05, 3.63) is 6.92 Å². The molecule has 61 valence electrons. The van der Waals surface area contributed by atoms with Gasteiger partial charge in [-0.3, -0.25) is 0 Å². The summed E-state index contributed by atoms with van der Waals surface area (Å²) < 4.78 is 0. The molecule has 0 aromatic carbocycles. The van der Waals surface area contributed by atoms with Gasteiger partial charge in [-0.15, -0.1) is 0 Å². The first-order valence-electron chi connectivity index (χ1n) is 2.91. The van der Waals surface area contributed by atoms with Crippen LogP contribution in [0.5, 0.6) is 0 Å². The Hall–Kier alpha value is 1.92. The van der Waals surface area contributed by atoms with Gasteiger partial charge in [-0.25, -0.2) is 0 Å². The minimum atomic E-state index is 0.260. The first-order valence-corrected chi connectivity index (χ1v) is 6.77. The first-order chi connectivity index (χ1) is 4.59. The van der Waals surface area contributed by atoms with Gasteiger partial charge in [-0.1, -0.05) is 63.7 Å². The van der Waals surface area contributed by atoms with Gasteiger partial charge in [0.15, 0.2) is 0 Å². The molecule has 0 aromatic heterocycles. The smallest absolute Gasteiger partial charge is 0.0396 e. The molecule has 10 heavy (non-hydrogen) atoms. The van der Waals surface area contributed by atoms with Gasteiger partial charge in [-0.2, -0.15) is 0 Å². The maximum Gasteiger partial charge on any atom is 0.0396 e. The summed E-state index contributed by atoms with van der Waals surface area (Å²) in [5.41, 5.74) is 0. The minimum absolute atomic E-state index is 0.260. The van der Waals surface area contributed by atoms with Crippen LogP contribution in [0.3, 0.4) is 0 Å². The summed E-state index contributed by atoms with van der Waals surface area (Å²) in [5, 5.41) is 1.02. The lowest BCUT2D eigenvalue weighted by Gasteiger charge is -2.17. The van der Waals surface area contributed by atoms with Crippen LogP contribution in [-0.4, -0.2) is 19.8 Å². The molecule has 0 bridgehead atoms. The van der Waals surface area contributed by atoms with E-state index in [-0.39, 0.29) is 4.83 Å². The predicted molar refractivity (Wildman–Crippen MR) is 61.9 cm³/mol. The van der Waals surface area contributed by atoms with Crippen LogP contribution in [0.1, 0.15) is 6.42 Å². The molecule has 0 amide bonds. The molecule has 0 rings (SSSR count).